The summed E-state index contributed by atoms with van der Waals surface area (Å²) in [6.07, 6.45) is 5.27. The molecule has 0 aromatic heterocycles. The monoisotopic (exact) mass is 225 g/mol. The molecule has 1 fully saturated rings. The summed E-state index contributed by atoms with van der Waals surface area (Å²) >= 11 is 0. The molecule has 1 saturated heterocycles. The van der Waals surface area contributed by atoms with E-state index in [9.17, 15) is 4.79 Å². The van der Waals surface area contributed by atoms with Crippen LogP contribution in [0.2, 0.25) is 0 Å². The SMILES string of the molecule is C/C=C(\C)COC(=O)N1CCC(CC)CC1. The number of hydrogen-bond donors (Lipinski definition) is 0. The van der Waals surface area contributed by atoms with Crippen LogP contribution in [0.25, 0.3) is 0 Å². The number of piperidine rings is 1. The lowest BCUT2D eigenvalue weighted by Gasteiger charge is -2.30. The molecule has 1 rings (SSSR count). The average molecular weight is 225 g/mol. The van der Waals surface area contributed by atoms with Gasteiger partial charge in [0.2, 0.25) is 0 Å². The molecular weight excluding hydrogens is 202 g/mol. The van der Waals surface area contributed by atoms with Crippen LogP contribution in [0.3, 0.4) is 0 Å². The number of amides is 1. The summed E-state index contributed by atoms with van der Waals surface area (Å²) in [7, 11) is 0. The first kappa shape index (κ1) is 13.1. The molecule has 16 heavy (non-hydrogen) atoms. The van der Waals surface area contributed by atoms with Crippen molar-refractivity contribution in [3.63, 3.8) is 0 Å². The molecule has 0 spiro atoms. The summed E-state index contributed by atoms with van der Waals surface area (Å²) in [5, 5.41) is 0. The highest BCUT2D eigenvalue weighted by atomic mass is 16.6. The average Bonchev–Trinajstić information content (AvgIpc) is 2.35. The van der Waals surface area contributed by atoms with Crippen LogP contribution in [0, 0.1) is 5.92 Å². The van der Waals surface area contributed by atoms with Gasteiger partial charge in [-0.05, 0) is 38.2 Å². The van der Waals surface area contributed by atoms with Gasteiger partial charge in [0, 0.05) is 13.1 Å². The maximum Gasteiger partial charge on any atom is 0.410 e. The third kappa shape index (κ3) is 3.87. The molecule has 0 unspecified atom stereocenters. The van der Waals surface area contributed by atoms with Crippen LogP contribution in [0.4, 0.5) is 4.79 Å². The maximum atomic E-state index is 11.7. The van der Waals surface area contributed by atoms with E-state index in [0.717, 1.165) is 37.4 Å². The van der Waals surface area contributed by atoms with Gasteiger partial charge in [0.05, 0.1) is 0 Å². The van der Waals surface area contributed by atoms with E-state index in [-0.39, 0.29) is 6.09 Å². The van der Waals surface area contributed by atoms with E-state index >= 15 is 0 Å². The Kier molecular flexibility index (Phi) is 5.36. The fraction of sp³-hybridized carbons (Fsp3) is 0.769. The number of ether oxygens (including phenoxy) is 1. The number of carbonyl (C=O) groups is 1. The molecule has 1 heterocycles. The summed E-state index contributed by atoms with van der Waals surface area (Å²) in [5.41, 5.74) is 1.09. The second-order valence-electron chi connectivity index (χ2n) is 4.53. The molecule has 0 bridgehead atoms. The fourth-order valence-electron chi connectivity index (χ4n) is 1.87. The van der Waals surface area contributed by atoms with Crippen molar-refractivity contribution in [1.29, 1.82) is 0 Å². The Hall–Kier alpha value is -0.990. The number of rotatable bonds is 3. The molecule has 1 aliphatic heterocycles. The van der Waals surface area contributed by atoms with Crippen LogP contribution >= 0.6 is 0 Å². The topological polar surface area (TPSA) is 29.5 Å². The second-order valence-corrected chi connectivity index (χ2v) is 4.53. The Bertz CT molecular complexity index is 253. The van der Waals surface area contributed by atoms with Gasteiger partial charge in [-0.3, -0.25) is 0 Å². The van der Waals surface area contributed by atoms with Gasteiger partial charge >= 0.3 is 6.09 Å². The van der Waals surface area contributed by atoms with Gasteiger partial charge in [-0.1, -0.05) is 19.4 Å². The van der Waals surface area contributed by atoms with Gasteiger partial charge in [-0.2, -0.15) is 0 Å². The number of hydrogen-bond acceptors (Lipinski definition) is 2. The summed E-state index contributed by atoms with van der Waals surface area (Å²) in [6, 6.07) is 0. The Morgan fingerprint density at radius 3 is 2.56 bits per heavy atom. The maximum absolute atomic E-state index is 11.7. The van der Waals surface area contributed by atoms with Crippen molar-refractivity contribution in [3.8, 4) is 0 Å². The zero-order valence-electron chi connectivity index (χ0n) is 10.7. The van der Waals surface area contributed by atoms with Crippen molar-refractivity contribution in [3.05, 3.63) is 11.6 Å². The molecule has 0 aliphatic carbocycles. The normalized spacial score (nSPS) is 18.7. The van der Waals surface area contributed by atoms with E-state index < -0.39 is 0 Å². The summed E-state index contributed by atoms with van der Waals surface area (Å²) < 4.78 is 5.22. The number of nitrogens with zero attached hydrogens (tertiary/aromatic N) is 1. The van der Waals surface area contributed by atoms with E-state index in [2.05, 4.69) is 6.92 Å². The predicted molar refractivity (Wildman–Crippen MR) is 65.4 cm³/mol. The molecule has 3 heteroatoms. The summed E-state index contributed by atoms with van der Waals surface area (Å²) in [5.74, 6) is 0.793. The van der Waals surface area contributed by atoms with E-state index in [0.29, 0.717) is 6.61 Å². The predicted octanol–water partition coefficient (Wildman–Crippen LogP) is 3.21. The lowest BCUT2D eigenvalue weighted by molar-refractivity contribution is 0.0940. The van der Waals surface area contributed by atoms with Crippen LogP contribution < -0.4 is 0 Å². The third-order valence-corrected chi connectivity index (χ3v) is 3.37. The van der Waals surface area contributed by atoms with Gasteiger partial charge in [-0.15, -0.1) is 0 Å². The van der Waals surface area contributed by atoms with E-state index in [4.69, 9.17) is 4.74 Å². The molecule has 0 N–H and O–H groups in total. The van der Waals surface area contributed by atoms with Gasteiger partial charge in [-0.25, -0.2) is 4.79 Å². The van der Waals surface area contributed by atoms with Crippen molar-refractivity contribution in [2.75, 3.05) is 19.7 Å². The highest BCUT2D eigenvalue weighted by molar-refractivity contribution is 5.67. The van der Waals surface area contributed by atoms with E-state index in [1.165, 1.54) is 6.42 Å². The first-order valence-electron chi connectivity index (χ1n) is 6.20. The molecule has 0 aromatic carbocycles. The van der Waals surface area contributed by atoms with E-state index in [1.807, 2.05) is 24.8 Å². The van der Waals surface area contributed by atoms with E-state index in [1.54, 1.807) is 0 Å². The minimum Gasteiger partial charge on any atom is -0.445 e. The van der Waals surface area contributed by atoms with Crippen molar-refractivity contribution in [2.45, 2.75) is 40.0 Å². The first-order valence-corrected chi connectivity index (χ1v) is 6.20. The molecule has 0 saturated carbocycles. The molecule has 3 nitrogen and oxygen atoms in total. The third-order valence-electron chi connectivity index (χ3n) is 3.37. The van der Waals surface area contributed by atoms with Crippen LogP contribution in [0.1, 0.15) is 40.0 Å². The summed E-state index contributed by atoms with van der Waals surface area (Å²) in [4.78, 5) is 13.5. The second kappa shape index (κ2) is 6.56. The number of likely N-dealkylation sites (tertiary alicyclic amines) is 1. The van der Waals surface area contributed by atoms with Crippen molar-refractivity contribution in [1.82, 2.24) is 4.90 Å². The molecule has 0 radical (unpaired) electrons. The lowest BCUT2D eigenvalue weighted by atomic mass is 9.95. The van der Waals surface area contributed by atoms with Crippen molar-refractivity contribution in [2.24, 2.45) is 5.92 Å². The zero-order valence-corrected chi connectivity index (χ0v) is 10.7. The van der Waals surface area contributed by atoms with Gasteiger partial charge in [0.15, 0.2) is 0 Å². The minimum atomic E-state index is -0.157. The van der Waals surface area contributed by atoms with Crippen LogP contribution in [0.15, 0.2) is 11.6 Å². The van der Waals surface area contributed by atoms with Gasteiger partial charge < -0.3 is 9.64 Å². The largest absolute Gasteiger partial charge is 0.445 e. The van der Waals surface area contributed by atoms with Gasteiger partial charge in [0.25, 0.3) is 0 Å². The molecule has 0 aromatic rings. The highest BCUT2D eigenvalue weighted by Crippen LogP contribution is 2.20. The molecule has 1 amide bonds. The Labute approximate surface area is 98.5 Å². The molecular formula is C13H23NO2. The van der Waals surface area contributed by atoms with Crippen LogP contribution in [0.5, 0.6) is 0 Å². The molecule has 92 valence electrons. The van der Waals surface area contributed by atoms with Crippen LogP contribution in [-0.2, 0) is 4.74 Å². The Balaban J connectivity index is 2.28. The zero-order chi connectivity index (χ0) is 12.0. The van der Waals surface area contributed by atoms with Crippen molar-refractivity contribution < 1.29 is 9.53 Å². The van der Waals surface area contributed by atoms with Gasteiger partial charge in [0.1, 0.15) is 6.61 Å². The lowest BCUT2D eigenvalue weighted by Crippen LogP contribution is -2.38. The number of allylic oxidation sites excluding steroid dienone is 1. The van der Waals surface area contributed by atoms with Crippen LogP contribution in [-0.4, -0.2) is 30.7 Å². The van der Waals surface area contributed by atoms with Crippen molar-refractivity contribution >= 4 is 6.09 Å². The quantitative estimate of drug-likeness (QED) is 0.690. The smallest absolute Gasteiger partial charge is 0.410 e. The standard InChI is InChI=1S/C13H23NO2/c1-4-11(3)10-16-13(15)14-8-6-12(5-2)7-9-14/h4,12H,5-10H2,1-3H3/b11-4+. The molecule has 0 atom stereocenters. The fourth-order valence-corrected chi connectivity index (χ4v) is 1.87. The summed E-state index contributed by atoms with van der Waals surface area (Å²) in [6.45, 7) is 8.27. The number of carbonyl (C=O) groups excluding carboxylic acids is 1. The first-order chi connectivity index (χ1) is 7.67. The highest BCUT2D eigenvalue weighted by Gasteiger charge is 2.22. The Morgan fingerprint density at radius 1 is 1.44 bits per heavy atom. The minimum absolute atomic E-state index is 0.157. The molecule has 1 aliphatic rings. The Morgan fingerprint density at radius 2 is 2.06 bits per heavy atom.